The van der Waals surface area contributed by atoms with Crippen LogP contribution in [0.2, 0.25) is 0 Å². The van der Waals surface area contributed by atoms with Crippen LogP contribution >= 0.6 is 11.8 Å². The van der Waals surface area contributed by atoms with E-state index in [0.29, 0.717) is 0 Å². The van der Waals surface area contributed by atoms with E-state index in [0.717, 1.165) is 0 Å². The van der Waals surface area contributed by atoms with Crippen molar-refractivity contribution in [2.75, 3.05) is 34.4 Å². The van der Waals surface area contributed by atoms with Crippen molar-refractivity contribution in [2.45, 2.75) is 0 Å². The average molecular weight is 273 g/mol. The van der Waals surface area contributed by atoms with Gasteiger partial charge in [-0.1, -0.05) is 0 Å². The van der Waals surface area contributed by atoms with Crippen molar-refractivity contribution in [3.63, 3.8) is 0 Å². The Labute approximate surface area is 102 Å². The van der Waals surface area contributed by atoms with Crippen LogP contribution in [0.25, 0.3) is 0 Å². The van der Waals surface area contributed by atoms with E-state index in [1.807, 2.05) is 37.7 Å². The summed E-state index contributed by atoms with van der Waals surface area (Å²) >= 11 is 1.75. The van der Waals surface area contributed by atoms with Gasteiger partial charge in [0.05, 0.1) is 4.91 Å². The molecule has 96 valence electrons. The Morgan fingerprint density at radius 3 is 1.75 bits per heavy atom. The maximum absolute atomic E-state index is 8.49. The lowest BCUT2D eigenvalue weighted by Gasteiger charge is -2.17. The first-order valence-electron chi connectivity index (χ1n) is 4.11. The topological polar surface area (TPSA) is 98.5 Å². The van der Waals surface area contributed by atoms with E-state index in [9.17, 15) is 0 Å². The van der Waals surface area contributed by atoms with Crippen molar-refractivity contribution in [1.29, 1.82) is 0 Å². The highest BCUT2D eigenvalue weighted by atomic mass is 35.7. The maximum atomic E-state index is 8.49. The van der Waals surface area contributed by atoms with Crippen LogP contribution in [0.4, 0.5) is 0 Å². The van der Waals surface area contributed by atoms with Crippen molar-refractivity contribution in [3.8, 4) is 0 Å². The van der Waals surface area contributed by atoms with Gasteiger partial charge in [0.15, 0.2) is 6.21 Å². The van der Waals surface area contributed by atoms with Gasteiger partial charge in [0.25, 0.3) is 0 Å². The molecule has 0 aromatic carbocycles. The SMILES string of the molecule is CS/C(C=[N+](C)C)=C\N(C)C.[O-][Cl+3]([O-])([O-])[O-]. The summed E-state index contributed by atoms with van der Waals surface area (Å²) in [7, 11) is 3.17. The van der Waals surface area contributed by atoms with E-state index in [4.69, 9.17) is 18.6 Å². The molecular weight excluding hydrogens is 256 g/mol. The molecule has 0 rings (SSSR count). The standard InChI is InChI=1S/C8H17N2S.ClHO4/c1-9(2)6-8(11-5)7-10(3)4;2-1(3,4)5/h6-7H,1-5H3;(H,2,3,4,5)/q+1;/p-1. The van der Waals surface area contributed by atoms with E-state index in [-0.39, 0.29) is 0 Å². The molecule has 0 aliphatic heterocycles. The summed E-state index contributed by atoms with van der Waals surface area (Å²) in [6.07, 6.45) is 6.28. The molecule has 0 aromatic rings. The van der Waals surface area contributed by atoms with Crippen LogP contribution in [-0.2, 0) is 0 Å². The van der Waals surface area contributed by atoms with Crippen LogP contribution < -0.4 is 18.6 Å². The monoisotopic (exact) mass is 272 g/mol. The van der Waals surface area contributed by atoms with Gasteiger partial charge in [-0.2, -0.15) is 0 Å². The maximum Gasteiger partial charge on any atom is 0.178 e. The third-order valence-electron chi connectivity index (χ3n) is 1.01. The summed E-state index contributed by atoms with van der Waals surface area (Å²) in [6, 6.07) is 0. The Morgan fingerprint density at radius 2 is 1.56 bits per heavy atom. The summed E-state index contributed by atoms with van der Waals surface area (Å²) in [5.41, 5.74) is 0. The lowest BCUT2D eigenvalue weighted by Crippen LogP contribution is -2.68. The van der Waals surface area contributed by atoms with Crippen LogP contribution in [0, 0.1) is 10.2 Å². The van der Waals surface area contributed by atoms with Crippen LogP contribution in [0.15, 0.2) is 11.1 Å². The molecular formula is C8H17ClN2O4S. The minimum absolute atomic E-state index is 1.26. The predicted molar refractivity (Wildman–Crippen MR) is 53.5 cm³/mol. The number of thioether (sulfide) groups is 1. The van der Waals surface area contributed by atoms with Gasteiger partial charge >= 0.3 is 0 Å². The lowest BCUT2D eigenvalue weighted by atomic mass is 10.6. The number of nitrogens with zero attached hydrogens (tertiary/aromatic N) is 2. The van der Waals surface area contributed by atoms with Crippen LogP contribution in [-0.4, -0.2) is 50.1 Å². The minimum Gasteiger partial charge on any atom is -0.382 e. The molecule has 0 bridgehead atoms. The Kier molecular flexibility index (Phi) is 9.93. The minimum atomic E-state index is -4.94. The zero-order valence-electron chi connectivity index (χ0n) is 9.97. The largest absolute Gasteiger partial charge is 0.382 e. The number of hydrogen-bond donors (Lipinski definition) is 0. The Balaban J connectivity index is 0. The fourth-order valence-corrected chi connectivity index (χ4v) is 1.28. The first-order valence-corrected chi connectivity index (χ1v) is 6.57. The number of halogens is 1. The number of rotatable bonds is 3. The smallest absolute Gasteiger partial charge is 0.178 e. The quantitative estimate of drug-likeness (QED) is 0.388. The van der Waals surface area contributed by atoms with Gasteiger partial charge in [0.2, 0.25) is 0 Å². The second-order valence-electron chi connectivity index (χ2n) is 3.17. The number of allylic oxidation sites excluding steroid dienone is 1. The van der Waals surface area contributed by atoms with Crippen molar-refractivity contribution in [1.82, 2.24) is 4.90 Å². The van der Waals surface area contributed by atoms with Crippen LogP contribution in [0.3, 0.4) is 0 Å². The molecule has 0 unspecified atom stereocenters. The van der Waals surface area contributed by atoms with E-state index in [2.05, 4.69) is 18.7 Å². The molecule has 0 aliphatic carbocycles. The van der Waals surface area contributed by atoms with E-state index >= 15 is 0 Å². The normalized spacial score (nSPS) is 11.4. The summed E-state index contributed by atoms with van der Waals surface area (Å²) in [5, 5.41) is 0. The van der Waals surface area contributed by atoms with Crippen LogP contribution in [0.1, 0.15) is 0 Å². The van der Waals surface area contributed by atoms with E-state index in [1.54, 1.807) is 11.8 Å². The second-order valence-corrected chi connectivity index (χ2v) is 4.81. The highest BCUT2D eigenvalue weighted by Crippen LogP contribution is 2.07. The van der Waals surface area contributed by atoms with Crippen molar-refractivity contribution >= 4 is 18.0 Å². The second kappa shape index (κ2) is 8.80. The zero-order valence-corrected chi connectivity index (χ0v) is 11.5. The molecule has 0 aliphatic rings. The zero-order chi connectivity index (χ0) is 13.4. The third kappa shape index (κ3) is 23.5. The molecule has 0 heterocycles. The summed E-state index contributed by atoms with van der Waals surface area (Å²) in [6.45, 7) is 0. The highest BCUT2D eigenvalue weighted by molar-refractivity contribution is 8.03. The summed E-state index contributed by atoms with van der Waals surface area (Å²) in [5.74, 6) is 0. The van der Waals surface area contributed by atoms with E-state index in [1.165, 1.54) is 4.91 Å². The molecule has 6 nitrogen and oxygen atoms in total. The summed E-state index contributed by atoms with van der Waals surface area (Å²) in [4.78, 5) is 3.31. The molecule has 0 amide bonds. The average Bonchev–Trinajstić information content (AvgIpc) is 1.97. The fourth-order valence-electron chi connectivity index (χ4n) is 0.648. The molecule has 16 heavy (non-hydrogen) atoms. The van der Waals surface area contributed by atoms with Gasteiger partial charge in [0.1, 0.15) is 14.1 Å². The third-order valence-corrected chi connectivity index (χ3v) is 1.69. The molecule has 8 heteroatoms. The van der Waals surface area contributed by atoms with Crippen molar-refractivity contribution in [2.24, 2.45) is 0 Å². The van der Waals surface area contributed by atoms with Gasteiger partial charge in [-0.3, -0.25) is 0 Å². The van der Waals surface area contributed by atoms with E-state index < -0.39 is 10.2 Å². The molecule has 0 fully saturated rings. The molecule has 0 radical (unpaired) electrons. The van der Waals surface area contributed by atoms with Crippen molar-refractivity contribution < 1.29 is 33.5 Å². The molecule has 0 aromatic heterocycles. The fraction of sp³-hybridized carbons (Fsp3) is 0.625. The Bertz CT molecular complexity index is 241. The lowest BCUT2D eigenvalue weighted by molar-refractivity contribution is -2.00. The predicted octanol–water partition coefficient (Wildman–Crippen LogP) is -3.66. The first kappa shape index (κ1) is 18.1. The summed E-state index contributed by atoms with van der Waals surface area (Å²) < 4.78 is 36.0. The highest BCUT2D eigenvalue weighted by Gasteiger charge is 1.95. The van der Waals surface area contributed by atoms with Gasteiger partial charge in [-0.15, -0.1) is 22.0 Å². The van der Waals surface area contributed by atoms with Gasteiger partial charge in [-0.25, -0.2) is 23.2 Å². The van der Waals surface area contributed by atoms with Crippen LogP contribution in [0.5, 0.6) is 0 Å². The number of hydrogen-bond acceptors (Lipinski definition) is 6. The molecule has 0 saturated carbocycles. The first-order chi connectivity index (χ1) is 7.06. The molecule has 0 N–H and O–H groups in total. The van der Waals surface area contributed by atoms with Gasteiger partial charge < -0.3 is 4.90 Å². The van der Waals surface area contributed by atoms with Crippen molar-refractivity contribution in [3.05, 3.63) is 11.1 Å². The molecule has 0 spiro atoms. The Morgan fingerprint density at radius 1 is 1.19 bits per heavy atom. The van der Waals surface area contributed by atoms with Gasteiger partial charge in [-0.05, 0) is 6.26 Å². The van der Waals surface area contributed by atoms with Gasteiger partial charge in [0, 0.05) is 20.3 Å². The Hall–Kier alpha value is -0.310. The molecule has 0 saturated heterocycles. The molecule has 0 atom stereocenters.